The number of aromatic hydroxyl groups is 1. The number of rotatable bonds is 2. The Labute approximate surface area is 127 Å². The van der Waals surface area contributed by atoms with Crippen LogP contribution >= 0.6 is 0 Å². The van der Waals surface area contributed by atoms with E-state index in [0.717, 1.165) is 0 Å². The first-order valence-corrected chi connectivity index (χ1v) is 7.20. The molecule has 0 radical (unpaired) electrons. The number of ether oxygens (including phenoxy) is 1. The fraction of sp³-hybridized carbons (Fsp3) is 0.467. The topological polar surface area (TPSA) is 90.3 Å². The molecule has 0 saturated carbocycles. The number of carboxylic acid groups (broad SMARTS) is 1. The number of carbonyl (C=O) groups is 2. The van der Waals surface area contributed by atoms with Crippen molar-refractivity contribution in [3.63, 3.8) is 0 Å². The SMILES string of the molecule is CC1CN(C(=O)O)CCN1Cc1c(O)ccc2c1OCC2=O. The molecule has 3 rings (SSSR count). The molecule has 2 N–H and O–H groups in total. The average molecular weight is 306 g/mol. The molecule has 2 aliphatic rings. The second-order valence-corrected chi connectivity index (χ2v) is 5.70. The maximum absolute atomic E-state index is 11.7. The molecule has 7 nitrogen and oxygen atoms in total. The highest BCUT2D eigenvalue weighted by Crippen LogP contribution is 2.36. The van der Waals surface area contributed by atoms with Gasteiger partial charge in [0.05, 0.1) is 11.1 Å². The third-order valence-electron chi connectivity index (χ3n) is 4.28. The Morgan fingerprint density at radius 2 is 2.18 bits per heavy atom. The zero-order valence-corrected chi connectivity index (χ0v) is 12.3. The lowest BCUT2D eigenvalue weighted by molar-refractivity contribution is 0.0703. The Morgan fingerprint density at radius 1 is 1.41 bits per heavy atom. The van der Waals surface area contributed by atoms with E-state index >= 15 is 0 Å². The first kappa shape index (κ1) is 14.6. The number of phenols is 1. The summed E-state index contributed by atoms with van der Waals surface area (Å²) in [5, 5.41) is 19.1. The predicted octanol–water partition coefficient (Wildman–Crippen LogP) is 1.15. The van der Waals surface area contributed by atoms with Crippen LogP contribution in [0, 0.1) is 0 Å². The Balaban J connectivity index is 1.80. The highest BCUT2D eigenvalue weighted by molar-refractivity contribution is 6.02. The Hall–Kier alpha value is -2.28. The highest BCUT2D eigenvalue weighted by Gasteiger charge is 2.30. The summed E-state index contributed by atoms with van der Waals surface area (Å²) in [5.41, 5.74) is 1.10. The first-order chi connectivity index (χ1) is 10.5. The molecule has 0 spiro atoms. The molecule has 0 bridgehead atoms. The second-order valence-electron chi connectivity index (χ2n) is 5.70. The molecule has 2 heterocycles. The van der Waals surface area contributed by atoms with E-state index in [9.17, 15) is 14.7 Å². The number of Topliss-reactive ketones (excluding diaryl/α,β-unsaturated/α-hetero) is 1. The van der Waals surface area contributed by atoms with E-state index in [2.05, 4.69) is 4.90 Å². The van der Waals surface area contributed by atoms with E-state index in [1.54, 1.807) is 6.07 Å². The summed E-state index contributed by atoms with van der Waals surface area (Å²) in [6.45, 7) is 3.80. The van der Waals surface area contributed by atoms with E-state index in [0.29, 0.717) is 43.1 Å². The molecular formula is C15H18N2O5. The summed E-state index contributed by atoms with van der Waals surface area (Å²) in [4.78, 5) is 26.2. The van der Waals surface area contributed by atoms with Crippen LogP contribution in [0.25, 0.3) is 0 Å². The number of piperazine rings is 1. The molecule has 1 saturated heterocycles. The van der Waals surface area contributed by atoms with Crippen LogP contribution in [0.15, 0.2) is 12.1 Å². The van der Waals surface area contributed by atoms with Crippen LogP contribution in [0.3, 0.4) is 0 Å². The number of hydrogen-bond donors (Lipinski definition) is 2. The molecule has 1 fully saturated rings. The van der Waals surface area contributed by atoms with E-state index in [-0.39, 0.29) is 24.2 Å². The number of amides is 1. The van der Waals surface area contributed by atoms with Gasteiger partial charge in [-0.2, -0.15) is 0 Å². The van der Waals surface area contributed by atoms with Crippen molar-refractivity contribution in [1.82, 2.24) is 9.80 Å². The smallest absolute Gasteiger partial charge is 0.407 e. The largest absolute Gasteiger partial charge is 0.507 e. The number of carbonyl (C=O) groups excluding carboxylic acids is 1. The van der Waals surface area contributed by atoms with Crippen LogP contribution < -0.4 is 4.74 Å². The van der Waals surface area contributed by atoms with Crippen molar-refractivity contribution in [2.24, 2.45) is 0 Å². The minimum atomic E-state index is -0.913. The van der Waals surface area contributed by atoms with Gasteiger partial charge < -0.3 is 19.8 Å². The van der Waals surface area contributed by atoms with Crippen LogP contribution in [-0.2, 0) is 6.54 Å². The van der Waals surface area contributed by atoms with Crippen LogP contribution in [0.4, 0.5) is 4.79 Å². The van der Waals surface area contributed by atoms with Crippen molar-refractivity contribution in [1.29, 1.82) is 0 Å². The van der Waals surface area contributed by atoms with E-state index in [1.807, 2.05) is 6.92 Å². The van der Waals surface area contributed by atoms with E-state index in [1.165, 1.54) is 11.0 Å². The second kappa shape index (κ2) is 5.49. The van der Waals surface area contributed by atoms with Crippen molar-refractivity contribution < 1.29 is 24.5 Å². The molecule has 0 aliphatic carbocycles. The minimum Gasteiger partial charge on any atom is -0.507 e. The Kier molecular flexibility index (Phi) is 3.66. The molecular weight excluding hydrogens is 288 g/mol. The van der Waals surface area contributed by atoms with Gasteiger partial charge >= 0.3 is 6.09 Å². The van der Waals surface area contributed by atoms with Gasteiger partial charge in [-0.1, -0.05) is 0 Å². The standard InChI is InChI=1S/C15H18N2O5/c1-9-6-17(15(20)21)5-4-16(9)7-11-12(18)3-2-10-13(19)8-22-14(10)11/h2-3,9,18H,4-8H2,1H3,(H,20,21). The zero-order chi connectivity index (χ0) is 15.9. The van der Waals surface area contributed by atoms with Crippen molar-refractivity contribution in [2.45, 2.75) is 19.5 Å². The highest BCUT2D eigenvalue weighted by atomic mass is 16.5. The van der Waals surface area contributed by atoms with Gasteiger partial charge in [0.2, 0.25) is 5.78 Å². The summed E-state index contributed by atoms with van der Waals surface area (Å²) >= 11 is 0. The van der Waals surface area contributed by atoms with E-state index in [4.69, 9.17) is 9.84 Å². The van der Waals surface area contributed by atoms with Crippen LogP contribution in [0.1, 0.15) is 22.8 Å². The fourth-order valence-electron chi connectivity index (χ4n) is 2.98. The summed E-state index contributed by atoms with van der Waals surface area (Å²) < 4.78 is 5.42. The van der Waals surface area contributed by atoms with Gasteiger partial charge in [0.15, 0.2) is 6.61 Å². The predicted molar refractivity (Wildman–Crippen MR) is 77.4 cm³/mol. The molecule has 1 aromatic carbocycles. The molecule has 1 unspecified atom stereocenters. The van der Waals surface area contributed by atoms with Crippen molar-refractivity contribution in [2.75, 3.05) is 26.2 Å². The van der Waals surface area contributed by atoms with Gasteiger partial charge in [0.1, 0.15) is 11.5 Å². The first-order valence-electron chi connectivity index (χ1n) is 7.20. The third-order valence-corrected chi connectivity index (χ3v) is 4.28. The number of hydrogen-bond acceptors (Lipinski definition) is 5. The molecule has 1 atom stereocenters. The molecule has 2 aliphatic heterocycles. The number of ketones is 1. The maximum atomic E-state index is 11.7. The Morgan fingerprint density at radius 3 is 2.86 bits per heavy atom. The van der Waals surface area contributed by atoms with Crippen molar-refractivity contribution >= 4 is 11.9 Å². The molecule has 22 heavy (non-hydrogen) atoms. The number of fused-ring (bicyclic) bond motifs is 1. The lowest BCUT2D eigenvalue weighted by atomic mass is 10.0. The normalized spacial score (nSPS) is 21.6. The number of phenolic OH excluding ortho intramolecular Hbond substituents is 1. The minimum absolute atomic E-state index is 0.00807. The summed E-state index contributed by atoms with van der Waals surface area (Å²) in [7, 11) is 0. The van der Waals surface area contributed by atoms with Gasteiger partial charge in [0, 0.05) is 32.2 Å². The van der Waals surface area contributed by atoms with Crippen LogP contribution in [-0.4, -0.2) is 64.2 Å². The van der Waals surface area contributed by atoms with Crippen LogP contribution in [0.5, 0.6) is 11.5 Å². The van der Waals surface area contributed by atoms with Gasteiger partial charge in [-0.25, -0.2) is 4.79 Å². The molecule has 118 valence electrons. The number of benzene rings is 1. The summed E-state index contributed by atoms with van der Waals surface area (Å²) in [6, 6.07) is 3.12. The third kappa shape index (κ3) is 2.48. The summed E-state index contributed by atoms with van der Waals surface area (Å²) in [6.07, 6.45) is -0.913. The van der Waals surface area contributed by atoms with Crippen molar-refractivity contribution in [3.8, 4) is 11.5 Å². The Bertz CT molecular complexity index is 631. The van der Waals surface area contributed by atoms with E-state index < -0.39 is 6.09 Å². The lowest BCUT2D eigenvalue weighted by Crippen LogP contribution is -2.52. The van der Waals surface area contributed by atoms with Crippen molar-refractivity contribution in [3.05, 3.63) is 23.3 Å². The molecule has 0 aromatic heterocycles. The molecule has 1 amide bonds. The van der Waals surface area contributed by atoms with Gasteiger partial charge in [-0.05, 0) is 19.1 Å². The average Bonchev–Trinajstić information content (AvgIpc) is 2.85. The van der Waals surface area contributed by atoms with Gasteiger partial charge in [-0.3, -0.25) is 9.69 Å². The maximum Gasteiger partial charge on any atom is 0.407 e. The lowest BCUT2D eigenvalue weighted by Gasteiger charge is -2.38. The molecule has 7 heteroatoms. The summed E-state index contributed by atoms with van der Waals surface area (Å²) in [5.74, 6) is 0.471. The fourth-order valence-corrected chi connectivity index (χ4v) is 2.98. The van der Waals surface area contributed by atoms with Gasteiger partial charge in [-0.15, -0.1) is 0 Å². The van der Waals surface area contributed by atoms with Crippen LogP contribution in [0.2, 0.25) is 0 Å². The quantitative estimate of drug-likeness (QED) is 0.852. The monoisotopic (exact) mass is 306 g/mol. The number of nitrogens with zero attached hydrogens (tertiary/aromatic N) is 2. The van der Waals surface area contributed by atoms with Gasteiger partial charge in [0.25, 0.3) is 0 Å². The zero-order valence-electron chi connectivity index (χ0n) is 12.3. The molecule has 1 aromatic rings.